The van der Waals surface area contributed by atoms with Crippen molar-refractivity contribution in [1.29, 1.82) is 0 Å². The molecule has 0 radical (unpaired) electrons. The van der Waals surface area contributed by atoms with Crippen LogP contribution in [0.3, 0.4) is 0 Å². The van der Waals surface area contributed by atoms with Crippen molar-refractivity contribution in [2.75, 3.05) is 12.9 Å². The van der Waals surface area contributed by atoms with Crippen molar-refractivity contribution in [2.45, 2.75) is 4.34 Å². The van der Waals surface area contributed by atoms with Gasteiger partial charge in [-0.05, 0) is 54.6 Å². The highest BCUT2D eigenvalue weighted by molar-refractivity contribution is 8.01. The number of rotatable bonds is 7. The number of aromatic nitrogens is 1. The summed E-state index contributed by atoms with van der Waals surface area (Å²) in [6.45, 7) is 0. The maximum Gasteiger partial charge on any atom is 0.173 e. The Bertz CT molecular complexity index is 1270. The number of ether oxygens (including phenoxy) is 1. The van der Waals surface area contributed by atoms with E-state index < -0.39 is 0 Å². The molecule has 0 atom stereocenters. The van der Waals surface area contributed by atoms with Crippen LogP contribution in [0.1, 0.15) is 15.9 Å². The minimum atomic E-state index is -0.365. The summed E-state index contributed by atoms with van der Waals surface area (Å²) in [6, 6.07) is 16.4. The summed E-state index contributed by atoms with van der Waals surface area (Å²) >= 11 is 2.83. The Kier molecular flexibility index (Phi) is 6.29. The summed E-state index contributed by atoms with van der Waals surface area (Å²) < 4.78 is 19.8. The molecule has 0 unspecified atom stereocenters. The van der Waals surface area contributed by atoms with Gasteiger partial charge in [0, 0.05) is 17.3 Å². The largest absolute Gasteiger partial charge is 0.504 e. The number of aliphatic imine (C=N–C) groups is 1. The Morgan fingerprint density at radius 1 is 1.23 bits per heavy atom. The van der Waals surface area contributed by atoms with Crippen LogP contribution in [0, 0.1) is 5.82 Å². The zero-order valence-electron chi connectivity index (χ0n) is 16.4. The number of carbonyl (C=O) groups excluding carboxylic acids is 1. The minimum absolute atomic E-state index is 0.0390. The summed E-state index contributed by atoms with van der Waals surface area (Å²) in [5.74, 6) is 0.213. The van der Waals surface area contributed by atoms with E-state index in [2.05, 4.69) is 9.98 Å². The van der Waals surface area contributed by atoms with E-state index in [0.29, 0.717) is 16.9 Å². The fourth-order valence-corrected chi connectivity index (χ4v) is 4.83. The SMILES string of the molecule is COc1cccc(C=Nc2ccc3nc(SCC(=O)c4ccc(F)cc4)sc3c2)c1O. The maximum atomic E-state index is 13.0. The number of aromatic hydroxyl groups is 1. The minimum Gasteiger partial charge on any atom is -0.504 e. The normalized spacial score (nSPS) is 11.3. The highest BCUT2D eigenvalue weighted by Crippen LogP contribution is 2.33. The van der Waals surface area contributed by atoms with Crippen LogP contribution in [-0.2, 0) is 0 Å². The van der Waals surface area contributed by atoms with Crippen molar-refractivity contribution in [3.05, 3.63) is 77.6 Å². The number of carbonyl (C=O) groups is 1. The number of phenolic OH excluding ortho intramolecular Hbond substituents is 1. The molecule has 0 aliphatic carbocycles. The molecule has 0 amide bonds. The van der Waals surface area contributed by atoms with Gasteiger partial charge in [-0.3, -0.25) is 9.79 Å². The Morgan fingerprint density at radius 3 is 2.81 bits per heavy atom. The number of hydrogen-bond donors (Lipinski definition) is 1. The molecule has 5 nitrogen and oxygen atoms in total. The molecule has 8 heteroatoms. The summed E-state index contributed by atoms with van der Waals surface area (Å²) in [5.41, 5.74) is 2.58. The van der Waals surface area contributed by atoms with Crippen LogP contribution in [0.4, 0.5) is 10.1 Å². The highest BCUT2D eigenvalue weighted by atomic mass is 32.2. The molecule has 1 aromatic heterocycles. The van der Waals surface area contributed by atoms with Crippen molar-refractivity contribution in [2.24, 2.45) is 4.99 Å². The lowest BCUT2D eigenvalue weighted by Gasteiger charge is -2.04. The third-order valence-corrected chi connectivity index (χ3v) is 6.61. The zero-order chi connectivity index (χ0) is 21.8. The Balaban J connectivity index is 1.47. The van der Waals surface area contributed by atoms with E-state index in [1.807, 2.05) is 18.2 Å². The molecular formula is C23H17FN2O3S2. The molecule has 0 aliphatic rings. The second-order valence-electron chi connectivity index (χ2n) is 6.51. The van der Waals surface area contributed by atoms with Crippen LogP contribution in [-0.4, -0.2) is 35.0 Å². The number of para-hydroxylation sites is 1. The van der Waals surface area contributed by atoms with Gasteiger partial charge in [0.1, 0.15) is 5.82 Å². The third kappa shape index (κ3) is 4.92. The number of thioether (sulfide) groups is 1. The number of fused-ring (bicyclic) bond motifs is 1. The summed E-state index contributed by atoms with van der Waals surface area (Å²) in [4.78, 5) is 21.3. The van der Waals surface area contributed by atoms with Crippen LogP contribution in [0.5, 0.6) is 11.5 Å². The van der Waals surface area contributed by atoms with Gasteiger partial charge >= 0.3 is 0 Å². The second-order valence-corrected chi connectivity index (χ2v) is 8.76. The average Bonchev–Trinajstić information content (AvgIpc) is 3.19. The van der Waals surface area contributed by atoms with E-state index in [-0.39, 0.29) is 23.1 Å². The molecule has 156 valence electrons. The fraction of sp³-hybridized carbons (Fsp3) is 0.0870. The number of phenols is 1. The van der Waals surface area contributed by atoms with E-state index in [1.165, 1.54) is 54.5 Å². The van der Waals surface area contributed by atoms with Gasteiger partial charge in [0.05, 0.1) is 28.8 Å². The Labute approximate surface area is 186 Å². The van der Waals surface area contributed by atoms with Gasteiger partial charge in [-0.15, -0.1) is 11.3 Å². The molecule has 4 aromatic rings. The van der Waals surface area contributed by atoms with Crippen LogP contribution in [0.15, 0.2) is 70.0 Å². The quantitative estimate of drug-likeness (QED) is 0.216. The number of Topliss-reactive ketones (excluding diaryl/α,β-unsaturated/α-hetero) is 1. The summed E-state index contributed by atoms with van der Waals surface area (Å²) in [6.07, 6.45) is 1.58. The van der Waals surface area contributed by atoms with Gasteiger partial charge < -0.3 is 9.84 Å². The lowest BCUT2D eigenvalue weighted by atomic mass is 10.1. The Morgan fingerprint density at radius 2 is 2.03 bits per heavy atom. The lowest BCUT2D eigenvalue weighted by molar-refractivity contribution is 0.102. The van der Waals surface area contributed by atoms with Crippen LogP contribution >= 0.6 is 23.1 Å². The number of halogens is 1. The van der Waals surface area contributed by atoms with Crippen LogP contribution in [0.2, 0.25) is 0 Å². The number of benzene rings is 3. The highest BCUT2D eigenvalue weighted by Gasteiger charge is 2.11. The maximum absolute atomic E-state index is 13.0. The van der Waals surface area contributed by atoms with Gasteiger partial charge in [0.15, 0.2) is 21.6 Å². The van der Waals surface area contributed by atoms with E-state index >= 15 is 0 Å². The molecule has 0 saturated carbocycles. The molecule has 1 N–H and O–H groups in total. The molecule has 1 heterocycles. The van der Waals surface area contributed by atoms with E-state index in [9.17, 15) is 14.3 Å². The number of hydrogen-bond acceptors (Lipinski definition) is 7. The molecule has 0 spiro atoms. The molecule has 0 fully saturated rings. The van der Waals surface area contributed by atoms with Crippen molar-refractivity contribution in [3.63, 3.8) is 0 Å². The van der Waals surface area contributed by atoms with Crippen molar-refractivity contribution >= 4 is 51.0 Å². The first-order valence-corrected chi connectivity index (χ1v) is 11.1. The first-order chi connectivity index (χ1) is 15.0. The van der Waals surface area contributed by atoms with E-state index in [1.54, 1.807) is 24.4 Å². The molecule has 0 bridgehead atoms. The number of nitrogens with zero attached hydrogens (tertiary/aromatic N) is 2. The van der Waals surface area contributed by atoms with Gasteiger partial charge in [0.2, 0.25) is 0 Å². The number of ketones is 1. The summed E-state index contributed by atoms with van der Waals surface area (Å²) in [7, 11) is 1.50. The standard InChI is InChI=1S/C23H17FN2O3S2/c1-29-20-4-2-3-15(22(20)28)12-25-17-9-10-18-21(11-17)31-23(26-18)30-13-19(27)14-5-7-16(24)8-6-14/h2-12,28H,13H2,1H3. The predicted molar refractivity (Wildman–Crippen MR) is 123 cm³/mol. The van der Waals surface area contributed by atoms with Gasteiger partial charge in [-0.1, -0.05) is 17.8 Å². The van der Waals surface area contributed by atoms with Crippen LogP contribution < -0.4 is 4.74 Å². The second kappa shape index (κ2) is 9.28. The Hall–Kier alpha value is -3.23. The van der Waals surface area contributed by atoms with Crippen molar-refractivity contribution in [3.8, 4) is 11.5 Å². The lowest BCUT2D eigenvalue weighted by Crippen LogP contribution is -2.01. The predicted octanol–water partition coefficient (Wildman–Crippen LogP) is 5.88. The topological polar surface area (TPSA) is 71.8 Å². The molecule has 3 aromatic carbocycles. The smallest absolute Gasteiger partial charge is 0.173 e. The first kappa shape index (κ1) is 21.0. The average molecular weight is 453 g/mol. The molecule has 0 aliphatic heterocycles. The molecule has 0 saturated heterocycles. The van der Waals surface area contributed by atoms with Crippen molar-refractivity contribution < 1.29 is 19.0 Å². The number of methoxy groups -OCH3 is 1. The van der Waals surface area contributed by atoms with Gasteiger partial charge in [-0.25, -0.2) is 9.37 Å². The molecule has 31 heavy (non-hydrogen) atoms. The molecular weight excluding hydrogens is 435 g/mol. The van der Waals surface area contributed by atoms with E-state index in [0.717, 1.165) is 20.2 Å². The van der Waals surface area contributed by atoms with Gasteiger partial charge in [-0.2, -0.15) is 0 Å². The third-order valence-electron chi connectivity index (χ3n) is 4.45. The van der Waals surface area contributed by atoms with Gasteiger partial charge in [0.25, 0.3) is 0 Å². The van der Waals surface area contributed by atoms with E-state index in [4.69, 9.17) is 4.74 Å². The molecule has 4 rings (SSSR count). The number of thiazole rings is 1. The fourth-order valence-electron chi connectivity index (χ4n) is 2.83. The zero-order valence-corrected chi connectivity index (χ0v) is 18.0. The van der Waals surface area contributed by atoms with Crippen LogP contribution in [0.25, 0.3) is 10.2 Å². The summed E-state index contributed by atoms with van der Waals surface area (Å²) in [5, 5.41) is 10.2. The van der Waals surface area contributed by atoms with Crippen molar-refractivity contribution in [1.82, 2.24) is 4.98 Å². The monoisotopic (exact) mass is 452 g/mol. The first-order valence-electron chi connectivity index (χ1n) is 9.25.